The Hall–Kier alpha value is -2.31. The molecule has 0 radical (unpaired) electrons. The van der Waals surface area contributed by atoms with E-state index in [4.69, 9.17) is 16.3 Å². The third-order valence-corrected chi connectivity index (χ3v) is 6.17. The molecule has 0 spiro atoms. The van der Waals surface area contributed by atoms with Crippen molar-refractivity contribution in [2.24, 2.45) is 0 Å². The van der Waals surface area contributed by atoms with E-state index >= 15 is 0 Å². The van der Waals surface area contributed by atoms with Gasteiger partial charge in [-0.05, 0) is 30.3 Å². The summed E-state index contributed by atoms with van der Waals surface area (Å²) in [7, 11) is 3.95. The van der Waals surface area contributed by atoms with Crippen LogP contribution in [0.3, 0.4) is 0 Å². The molecule has 0 atom stereocenters. The first-order chi connectivity index (χ1) is 13.5. The molecule has 1 fully saturated rings. The largest absolute Gasteiger partial charge is 0.467 e. The maximum atomic E-state index is 12.8. The summed E-state index contributed by atoms with van der Waals surface area (Å²) in [5.41, 5.74) is 2.54. The maximum absolute atomic E-state index is 12.8. The lowest BCUT2D eigenvalue weighted by molar-refractivity contribution is 0.0595. The van der Waals surface area contributed by atoms with Gasteiger partial charge in [0.1, 0.15) is 11.6 Å². The van der Waals surface area contributed by atoms with E-state index < -0.39 is 0 Å². The van der Waals surface area contributed by atoms with Crippen LogP contribution in [0.1, 0.15) is 23.2 Å². The van der Waals surface area contributed by atoms with E-state index in [0.29, 0.717) is 23.3 Å². The number of halogens is 1. The number of anilines is 1. The first-order valence-electron chi connectivity index (χ1n) is 9.29. The third-order valence-electron chi connectivity index (χ3n) is 4.96. The minimum atomic E-state index is 0.0662. The quantitative estimate of drug-likeness (QED) is 0.619. The van der Waals surface area contributed by atoms with Crippen LogP contribution >= 0.6 is 22.9 Å². The number of thiazole rings is 1. The van der Waals surface area contributed by atoms with E-state index in [1.807, 2.05) is 66.4 Å². The number of para-hydroxylation sites is 1. The summed E-state index contributed by atoms with van der Waals surface area (Å²) in [5.74, 6) is 0.0777. The van der Waals surface area contributed by atoms with E-state index in [1.54, 1.807) is 0 Å². The first-order valence-corrected chi connectivity index (χ1v) is 10.5. The van der Waals surface area contributed by atoms with Crippen molar-refractivity contribution in [2.45, 2.75) is 18.9 Å². The summed E-state index contributed by atoms with van der Waals surface area (Å²) in [5, 5.41) is 1.29. The molecule has 1 aromatic heterocycles. The number of rotatable bonds is 4. The fourth-order valence-electron chi connectivity index (χ4n) is 3.36. The summed E-state index contributed by atoms with van der Waals surface area (Å²) in [4.78, 5) is 21.3. The number of likely N-dealkylation sites (tertiary alicyclic amines) is 1. The van der Waals surface area contributed by atoms with Crippen LogP contribution in [0.5, 0.6) is 5.19 Å². The molecule has 1 saturated heterocycles. The Morgan fingerprint density at radius 3 is 2.68 bits per heavy atom. The highest BCUT2D eigenvalue weighted by Gasteiger charge is 2.25. The van der Waals surface area contributed by atoms with Gasteiger partial charge in [0.15, 0.2) is 0 Å². The molecule has 0 unspecified atom stereocenters. The number of ether oxygens (including phenoxy) is 1. The lowest BCUT2D eigenvalue weighted by Crippen LogP contribution is -2.41. The molecule has 0 saturated carbocycles. The summed E-state index contributed by atoms with van der Waals surface area (Å²) < 4.78 is 7.11. The molecule has 0 bridgehead atoms. The van der Waals surface area contributed by atoms with Gasteiger partial charge in [0.25, 0.3) is 11.1 Å². The number of fused-ring (bicyclic) bond motifs is 1. The van der Waals surface area contributed by atoms with Crippen molar-refractivity contribution in [1.29, 1.82) is 0 Å². The summed E-state index contributed by atoms with van der Waals surface area (Å²) in [6.07, 6.45) is 1.66. The minimum Gasteiger partial charge on any atom is -0.467 e. The number of carbonyl (C=O) groups excluding carboxylic acids is 1. The van der Waals surface area contributed by atoms with Crippen molar-refractivity contribution in [1.82, 2.24) is 9.88 Å². The van der Waals surface area contributed by atoms with E-state index in [0.717, 1.165) is 34.3 Å². The Kier molecular flexibility index (Phi) is 5.42. The van der Waals surface area contributed by atoms with Crippen LogP contribution in [0.4, 0.5) is 5.69 Å². The smallest absolute Gasteiger partial charge is 0.274 e. The lowest BCUT2D eigenvalue weighted by Gasteiger charge is -2.31. The molecule has 7 heteroatoms. The van der Waals surface area contributed by atoms with Crippen LogP contribution in [0, 0.1) is 0 Å². The Labute approximate surface area is 173 Å². The molecular weight excluding hydrogens is 394 g/mol. The number of benzene rings is 2. The molecule has 146 valence electrons. The highest BCUT2D eigenvalue weighted by atomic mass is 35.5. The van der Waals surface area contributed by atoms with E-state index in [1.165, 1.54) is 11.3 Å². The van der Waals surface area contributed by atoms with Gasteiger partial charge in [-0.2, -0.15) is 0 Å². The van der Waals surface area contributed by atoms with Crippen molar-refractivity contribution < 1.29 is 9.53 Å². The normalized spacial score (nSPS) is 15.0. The van der Waals surface area contributed by atoms with Gasteiger partial charge in [0.05, 0.1) is 9.72 Å². The van der Waals surface area contributed by atoms with Crippen molar-refractivity contribution in [3.63, 3.8) is 0 Å². The zero-order valence-corrected chi connectivity index (χ0v) is 17.5. The summed E-state index contributed by atoms with van der Waals surface area (Å²) >= 11 is 7.71. The first kappa shape index (κ1) is 19.0. The molecular formula is C21H22ClN3O2S. The van der Waals surface area contributed by atoms with Crippen molar-refractivity contribution in [2.75, 3.05) is 32.1 Å². The molecule has 5 nitrogen and oxygen atoms in total. The van der Waals surface area contributed by atoms with Gasteiger partial charge in [-0.3, -0.25) is 4.79 Å². The average Bonchev–Trinajstić information content (AvgIpc) is 3.12. The minimum absolute atomic E-state index is 0.0662. The van der Waals surface area contributed by atoms with Crippen molar-refractivity contribution in [3.8, 4) is 5.19 Å². The maximum Gasteiger partial charge on any atom is 0.274 e. The van der Waals surface area contributed by atoms with Crippen LogP contribution in [-0.4, -0.2) is 49.1 Å². The Bertz CT molecular complexity index is 996. The number of piperidine rings is 1. The highest BCUT2D eigenvalue weighted by molar-refractivity contribution is 7.20. The molecule has 1 aliphatic rings. The predicted molar refractivity (Wildman–Crippen MR) is 115 cm³/mol. The molecule has 2 heterocycles. The van der Waals surface area contributed by atoms with Gasteiger partial charge in [0.2, 0.25) is 0 Å². The van der Waals surface area contributed by atoms with Crippen LogP contribution < -0.4 is 9.64 Å². The molecule has 1 amide bonds. The van der Waals surface area contributed by atoms with Crippen LogP contribution in [-0.2, 0) is 0 Å². The third kappa shape index (κ3) is 3.93. The van der Waals surface area contributed by atoms with Crippen LogP contribution in [0.25, 0.3) is 10.2 Å². The fourth-order valence-corrected chi connectivity index (χ4v) is 4.54. The monoisotopic (exact) mass is 415 g/mol. The van der Waals surface area contributed by atoms with Gasteiger partial charge < -0.3 is 14.5 Å². The Morgan fingerprint density at radius 1 is 1.21 bits per heavy atom. The van der Waals surface area contributed by atoms with Crippen LogP contribution in [0.2, 0.25) is 5.02 Å². The van der Waals surface area contributed by atoms with Crippen molar-refractivity contribution in [3.05, 3.63) is 53.1 Å². The van der Waals surface area contributed by atoms with Gasteiger partial charge in [-0.15, -0.1) is 0 Å². The van der Waals surface area contributed by atoms with Gasteiger partial charge in [0, 0.05) is 51.3 Å². The second kappa shape index (κ2) is 7.97. The zero-order valence-electron chi connectivity index (χ0n) is 15.9. The molecule has 1 aliphatic heterocycles. The molecule has 0 aliphatic carbocycles. The molecule has 2 aromatic carbocycles. The summed E-state index contributed by atoms with van der Waals surface area (Å²) in [6.45, 7) is 1.36. The molecule has 0 N–H and O–H groups in total. The van der Waals surface area contributed by atoms with Crippen molar-refractivity contribution >= 4 is 44.7 Å². The van der Waals surface area contributed by atoms with Gasteiger partial charge in [-0.1, -0.05) is 35.1 Å². The predicted octanol–water partition coefficient (Wildman–Crippen LogP) is 4.70. The SMILES string of the molecule is CN(C)c1cccc(C(=O)N2CCC(Oc3nc4c(Cl)cccc4s3)CC2)c1. The van der Waals surface area contributed by atoms with Crippen LogP contribution in [0.15, 0.2) is 42.5 Å². The fraction of sp³-hybridized carbons (Fsp3) is 0.333. The van der Waals surface area contributed by atoms with Gasteiger partial charge in [-0.25, -0.2) is 4.98 Å². The van der Waals surface area contributed by atoms with E-state index in [-0.39, 0.29) is 12.0 Å². The Morgan fingerprint density at radius 2 is 1.96 bits per heavy atom. The number of carbonyl (C=O) groups is 1. The number of aromatic nitrogens is 1. The number of amides is 1. The number of nitrogens with zero attached hydrogens (tertiary/aromatic N) is 3. The molecule has 4 rings (SSSR count). The second-order valence-electron chi connectivity index (χ2n) is 7.12. The Balaban J connectivity index is 1.38. The molecule has 3 aromatic rings. The highest BCUT2D eigenvalue weighted by Crippen LogP contribution is 2.33. The van der Waals surface area contributed by atoms with E-state index in [2.05, 4.69) is 4.98 Å². The topological polar surface area (TPSA) is 45.7 Å². The summed E-state index contributed by atoms with van der Waals surface area (Å²) in [6, 6.07) is 13.5. The standard InChI is InChI=1S/C21H22ClN3O2S/c1-24(2)15-6-3-5-14(13-15)20(26)25-11-9-16(10-12-25)27-21-23-19-17(22)7-4-8-18(19)28-21/h3-8,13,16H,9-12H2,1-2H3. The van der Waals surface area contributed by atoms with Gasteiger partial charge >= 0.3 is 0 Å². The second-order valence-corrected chi connectivity index (χ2v) is 8.52. The zero-order chi connectivity index (χ0) is 19.7. The lowest BCUT2D eigenvalue weighted by atomic mass is 10.1. The number of hydrogen-bond donors (Lipinski definition) is 0. The average molecular weight is 416 g/mol. The van der Waals surface area contributed by atoms with E-state index in [9.17, 15) is 4.79 Å². The molecule has 28 heavy (non-hydrogen) atoms. The number of hydrogen-bond acceptors (Lipinski definition) is 5.